The molecule has 2 atom stereocenters. The van der Waals surface area contributed by atoms with Gasteiger partial charge in [-0.25, -0.2) is 0 Å². The van der Waals surface area contributed by atoms with Crippen molar-refractivity contribution in [3.63, 3.8) is 0 Å². The molecule has 2 aliphatic rings. The summed E-state index contributed by atoms with van der Waals surface area (Å²) >= 11 is 0. The molecule has 2 rings (SSSR count). The highest BCUT2D eigenvalue weighted by atomic mass is 16.5. The Labute approximate surface area is 95.1 Å². The van der Waals surface area contributed by atoms with Crippen LogP contribution < -0.4 is 0 Å². The summed E-state index contributed by atoms with van der Waals surface area (Å²) in [5.41, 5.74) is 0.798. The lowest BCUT2D eigenvalue weighted by atomic mass is 9.96. The van der Waals surface area contributed by atoms with Crippen LogP contribution in [0.25, 0.3) is 0 Å². The van der Waals surface area contributed by atoms with E-state index in [0.29, 0.717) is 32.7 Å². The molecule has 2 heterocycles. The molecule has 5 heteroatoms. The van der Waals surface area contributed by atoms with E-state index in [4.69, 9.17) is 9.94 Å². The molecular weight excluding hydrogens is 208 g/mol. The number of carbonyl (C=O) groups excluding carboxylic acids is 1. The Morgan fingerprint density at radius 1 is 1.62 bits per heavy atom. The summed E-state index contributed by atoms with van der Waals surface area (Å²) < 4.78 is 5.23. The molecule has 0 aromatic rings. The molecule has 0 aliphatic carbocycles. The van der Waals surface area contributed by atoms with Crippen molar-refractivity contribution < 1.29 is 14.7 Å². The molecule has 2 saturated heterocycles. The summed E-state index contributed by atoms with van der Waals surface area (Å²) in [7, 11) is 0. The number of hydrogen-bond donors (Lipinski definition) is 1. The van der Waals surface area contributed by atoms with Crippen LogP contribution in [-0.4, -0.2) is 48.0 Å². The van der Waals surface area contributed by atoms with Crippen LogP contribution in [0.5, 0.6) is 0 Å². The van der Waals surface area contributed by atoms with Crippen molar-refractivity contribution in [1.29, 1.82) is 0 Å². The third kappa shape index (κ3) is 2.19. The van der Waals surface area contributed by atoms with Crippen molar-refractivity contribution in [2.24, 2.45) is 17.0 Å². The second kappa shape index (κ2) is 4.82. The normalized spacial score (nSPS) is 33.3. The molecule has 0 spiro atoms. The summed E-state index contributed by atoms with van der Waals surface area (Å²) in [6.45, 7) is 4.57. The Bertz CT molecular complexity index is 298. The fourth-order valence-electron chi connectivity index (χ4n) is 2.36. The molecule has 2 aliphatic heterocycles. The van der Waals surface area contributed by atoms with Crippen LogP contribution in [0.3, 0.4) is 0 Å². The Hall–Kier alpha value is -1.10. The second-order valence-corrected chi connectivity index (χ2v) is 4.59. The Kier molecular flexibility index (Phi) is 3.43. The zero-order chi connectivity index (χ0) is 11.5. The van der Waals surface area contributed by atoms with Crippen molar-refractivity contribution >= 4 is 11.6 Å². The van der Waals surface area contributed by atoms with E-state index >= 15 is 0 Å². The van der Waals surface area contributed by atoms with Gasteiger partial charge in [-0.3, -0.25) is 4.79 Å². The molecule has 0 saturated carbocycles. The number of piperidine rings is 1. The van der Waals surface area contributed by atoms with Gasteiger partial charge in [0.15, 0.2) is 0 Å². The van der Waals surface area contributed by atoms with Crippen molar-refractivity contribution in [2.75, 3.05) is 26.3 Å². The van der Waals surface area contributed by atoms with Crippen molar-refractivity contribution in [2.45, 2.75) is 19.8 Å². The minimum Gasteiger partial charge on any atom is -0.411 e. The van der Waals surface area contributed by atoms with Crippen molar-refractivity contribution in [3.05, 3.63) is 0 Å². The quantitative estimate of drug-likeness (QED) is 0.529. The number of amides is 1. The number of rotatable bonds is 1. The van der Waals surface area contributed by atoms with Crippen LogP contribution in [-0.2, 0) is 9.53 Å². The standard InChI is InChI=1S/C11H18N2O3/c1-8-6-13(4-2-10(8)12-15)11(14)9-3-5-16-7-9/h8-9,15H,2-7H2,1H3. The first-order valence-electron chi connectivity index (χ1n) is 5.79. The van der Waals surface area contributed by atoms with Crippen LogP contribution in [0.15, 0.2) is 5.16 Å². The van der Waals surface area contributed by atoms with Gasteiger partial charge >= 0.3 is 0 Å². The molecule has 0 aromatic heterocycles. The molecule has 0 aromatic carbocycles. The fourth-order valence-corrected chi connectivity index (χ4v) is 2.36. The van der Waals surface area contributed by atoms with E-state index in [2.05, 4.69) is 5.16 Å². The van der Waals surface area contributed by atoms with E-state index in [1.165, 1.54) is 0 Å². The first-order chi connectivity index (χ1) is 7.72. The summed E-state index contributed by atoms with van der Waals surface area (Å²) in [5.74, 6) is 0.395. The summed E-state index contributed by atoms with van der Waals surface area (Å²) in [6, 6.07) is 0. The van der Waals surface area contributed by atoms with Gasteiger partial charge in [-0.2, -0.15) is 0 Å². The molecule has 5 nitrogen and oxygen atoms in total. The van der Waals surface area contributed by atoms with Gasteiger partial charge in [0.05, 0.1) is 18.2 Å². The Morgan fingerprint density at radius 3 is 3.00 bits per heavy atom. The number of oxime groups is 1. The summed E-state index contributed by atoms with van der Waals surface area (Å²) in [4.78, 5) is 14.0. The third-order valence-corrected chi connectivity index (χ3v) is 3.42. The van der Waals surface area contributed by atoms with Gasteiger partial charge in [0.25, 0.3) is 0 Å². The van der Waals surface area contributed by atoms with Gasteiger partial charge in [-0.1, -0.05) is 12.1 Å². The van der Waals surface area contributed by atoms with Gasteiger partial charge in [0.2, 0.25) is 5.91 Å². The van der Waals surface area contributed by atoms with Crippen LogP contribution in [0, 0.1) is 11.8 Å². The van der Waals surface area contributed by atoms with Gasteiger partial charge in [0.1, 0.15) is 0 Å². The monoisotopic (exact) mass is 226 g/mol. The summed E-state index contributed by atoms with van der Waals surface area (Å²) in [6.07, 6.45) is 1.52. The fraction of sp³-hybridized carbons (Fsp3) is 0.818. The van der Waals surface area contributed by atoms with E-state index in [1.807, 2.05) is 11.8 Å². The first kappa shape index (κ1) is 11.4. The van der Waals surface area contributed by atoms with Crippen molar-refractivity contribution in [1.82, 2.24) is 4.90 Å². The average Bonchev–Trinajstić information content (AvgIpc) is 2.81. The molecule has 0 bridgehead atoms. The number of carbonyl (C=O) groups is 1. The maximum absolute atomic E-state index is 12.1. The van der Waals surface area contributed by atoms with Gasteiger partial charge < -0.3 is 14.8 Å². The smallest absolute Gasteiger partial charge is 0.228 e. The number of ether oxygens (including phenoxy) is 1. The van der Waals surface area contributed by atoms with Gasteiger partial charge in [-0.05, 0) is 6.42 Å². The third-order valence-electron chi connectivity index (χ3n) is 3.42. The Morgan fingerprint density at radius 2 is 2.44 bits per heavy atom. The van der Waals surface area contributed by atoms with Crippen LogP contribution in [0.4, 0.5) is 0 Å². The predicted octanol–water partition coefficient (Wildman–Crippen LogP) is 0.722. The molecule has 2 fully saturated rings. The lowest BCUT2D eigenvalue weighted by Gasteiger charge is -2.32. The molecule has 0 radical (unpaired) electrons. The second-order valence-electron chi connectivity index (χ2n) is 4.59. The molecule has 2 unspecified atom stereocenters. The summed E-state index contributed by atoms with van der Waals surface area (Å²) in [5, 5.41) is 12.0. The SMILES string of the molecule is CC1CN(C(=O)C2CCOC2)CCC1=NO. The largest absolute Gasteiger partial charge is 0.411 e. The predicted molar refractivity (Wildman–Crippen MR) is 58.5 cm³/mol. The van der Waals surface area contributed by atoms with E-state index in [-0.39, 0.29) is 17.7 Å². The minimum atomic E-state index is 0.0415. The highest BCUT2D eigenvalue weighted by Gasteiger charge is 2.32. The highest BCUT2D eigenvalue weighted by Crippen LogP contribution is 2.20. The van der Waals surface area contributed by atoms with E-state index in [9.17, 15) is 4.79 Å². The zero-order valence-electron chi connectivity index (χ0n) is 9.56. The van der Waals surface area contributed by atoms with Crippen molar-refractivity contribution in [3.8, 4) is 0 Å². The van der Waals surface area contributed by atoms with E-state index in [1.54, 1.807) is 0 Å². The molecule has 90 valence electrons. The molecule has 1 N–H and O–H groups in total. The van der Waals surface area contributed by atoms with Gasteiger partial charge in [-0.15, -0.1) is 0 Å². The molecular formula is C11H18N2O3. The minimum absolute atomic E-state index is 0.0415. The molecule has 16 heavy (non-hydrogen) atoms. The van der Waals surface area contributed by atoms with Crippen LogP contribution >= 0.6 is 0 Å². The van der Waals surface area contributed by atoms with E-state index in [0.717, 1.165) is 12.1 Å². The van der Waals surface area contributed by atoms with E-state index < -0.39 is 0 Å². The number of likely N-dealkylation sites (tertiary alicyclic amines) is 1. The number of hydrogen-bond acceptors (Lipinski definition) is 4. The van der Waals surface area contributed by atoms with Gasteiger partial charge in [0, 0.05) is 32.0 Å². The maximum atomic E-state index is 12.1. The first-order valence-corrected chi connectivity index (χ1v) is 5.79. The molecule has 1 amide bonds. The highest BCUT2D eigenvalue weighted by molar-refractivity contribution is 5.89. The lowest BCUT2D eigenvalue weighted by Crippen LogP contribution is -2.45. The average molecular weight is 226 g/mol. The van der Waals surface area contributed by atoms with Crippen LogP contribution in [0.1, 0.15) is 19.8 Å². The Balaban J connectivity index is 1.94. The zero-order valence-corrected chi connectivity index (χ0v) is 9.56. The lowest BCUT2D eigenvalue weighted by molar-refractivity contribution is -0.136. The topological polar surface area (TPSA) is 62.1 Å². The van der Waals surface area contributed by atoms with Crippen LogP contribution in [0.2, 0.25) is 0 Å². The maximum Gasteiger partial charge on any atom is 0.228 e. The number of nitrogens with zero attached hydrogens (tertiary/aromatic N) is 2.